The summed E-state index contributed by atoms with van der Waals surface area (Å²) in [5.74, 6) is 0. The first kappa shape index (κ1) is 76.9. The average molecular weight is 214 g/mol. The van der Waals surface area contributed by atoms with Crippen LogP contribution >= 0.6 is 0 Å². The van der Waals surface area contributed by atoms with Crippen LogP contribution in [0, 0.1) is 0 Å². The minimum absolute atomic E-state index is 0. The SMILES string of the molecule is F.F.F.F.[O]=[V].[O]=[V]. The summed E-state index contributed by atoms with van der Waals surface area (Å²) < 4.78 is 16.4. The number of hydrogen-bond acceptors (Lipinski definition) is 2. The van der Waals surface area contributed by atoms with Crippen LogP contribution in [0.4, 0.5) is 18.8 Å². The van der Waals surface area contributed by atoms with Crippen LogP contribution in [-0.2, 0) is 42.1 Å². The predicted octanol–water partition coefficient (Wildman–Crippen LogP) is 0.367. The van der Waals surface area contributed by atoms with E-state index in [-0.39, 0.29) is 18.8 Å². The molecule has 0 saturated carbocycles. The molecule has 0 unspecified atom stereocenters. The summed E-state index contributed by atoms with van der Waals surface area (Å²) in [6.45, 7) is 0. The van der Waals surface area contributed by atoms with Crippen LogP contribution in [0.5, 0.6) is 0 Å². The van der Waals surface area contributed by atoms with Crippen LogP contribution in [-0.4, -0.2) is 0 Å². The average Bonchev–Trinajstić information content (AvgIpc) is 1.50. The third kappa shape index (κ3) is 818. The van der Waals surface area contributed by atoms with Gasteiger partial charge >= 0.3 is 42.1 Å². The van der Waals surface area contributed by atoms with Crippen molar-refractivity contribution in [3.63, 3.8) is 0 Å². The first-order valence-electron chi connectivity index (χ1n) is 0.365. The Morgan fingerprint density at radius 1 is 0.500 bits per heavy atom. The van der Waals surface area contributed by atoms with Crippen molar-refractivity contribution in [3.8, 4) is 0 Å². The summed E-state index contributed by atoms with van der Waals surface area (Å²) in [6.07, 6.45) is 0. The van der Waals surface area contributed by atoms with Gasteiger partial charge in [-0.2, -0.15) is 0 Å². The Labute approximate surface area is 61.3 Å². The van der Waals surface area contributed by atoms with E-state index in [2.05, 4.69) is 0 Å². The van der Waals surface area contributed by atoms with Gasteiger partial charge in [0.15, 0.2) is 0 Å². The molecule has 0 amide bonds. The van der Waals surface area contributed by atoms with Crippen molar-refractivity contribution in [2.45, 2.75) is 0 Å². The van der Waals surface area contributed by atoms with E-state index < -0.39 is 0 Å². The van der Waals surface area contributed by atoms with E-state index in [1.807, 2.05) is 0 Å². The topological polar surface area (TPSA) is 34.1 Å². The van der Waals surface area contributed by atoms with E-state index in [0.29, 0.717) is 0 Å². The fourth-order valence-corrected chi connectivity index (χ4v) is 0. The molecule has 0 aromatic heterocycles. The molecule has 0 heterocycles. The maximum absolute atomic E-state index is 8.19. The van der Waals surface area contributed by atoms with Crippen molar-refractivity contribution in [2.24, 2.45) is 0 Å². The quantitative estimate of drug-likeness (QED) is 0.545. The van der Waals surface area contributed by atoms with E-state index >= 15 is 0 Å². The predicted molar refractivity (Wildman–Crippen MR) is 11.4 cm³/mol. The van der Waals surface area contributed by atoms with Crippen molar-refractivity contribution < 1.29 is 60.9 Å². The van der Waals surface area contributed by atoms with E-state index in [0.717, 1.165) is 34.7 Å². The number of rotatable bonds is 0. The van der Waals surface area contributed by atoms with Crippen molar-refractivity contribution in [2.75, 3.05) is 0 Å². The molecule has 0 aliphatic heterocycles. The molecule has 0 radical (unpaired) electrons. The molecule has 0 aliphatic carbocycles. The molecule has 0 aromatic rings. The molecule has 54 valence electrons. The van der Waals surface area contributed by atoms with Gasteiger partial charge < -0.3 is 0 Å². The van der Waals surface area contributed by atoms with Crippen LogP contribution in [0.15, 0.2) is 0 Å². The molecule has 0 aliphatic rings. The molecule has 8 heteroatoms. The van der Waals surface area contributed by atoms with Gasteiger partial charge in [-0.05, 0) is 0 Å². The van der Waals surface area contributed by atoms with Gasteiger partial charge in [0.05, 0.1) is 0 Å². The van der Waals surface area contributed by atoms with Gasteiger partial charge in [-0.3, -0.25) is 18.8 Å². The fraction of sp³-hybridized carbons (Fsp3) is 0. The fourth-order valence-electron chi connectivity index (χ4n) is 0. The van der Waals surface area contributed by atoms with E-state index in [4.69, 9.17) is 7.35 Å². The molecule has 0 N–H and O–H groups in total. The number of halogens is 4. The summed E-state index contributed by atoms with van der Waals surface area (Å²) in [6, 6.07) is 0. The summed E-state index contributed by atoms with van der Waals surface area (Å²) in [5.41, 5.74) is 0. The molecule has 0 saturated heterocycles. The van der Waals surface area contributed by atoms with Crippen LogP contribution in [0.25, 0.3) is 0 Å². The molecule has 0 spiro atoms. The van der Waals surface area contributed by atoms with Gasteiger partial charge in [0.1, 0.15) is 0 Å². The Bertz CT molecular complexity index is 14.0. The molecule has 0 fully saturated rings. The summed E-state index contributed by atoms with van der Waals surface area (Å²) in [4.78, 5) is 0. The number of hydrogen-bond donors (Lipinski definition) is 0. The second kappa shape index (κ2) is 1320. The normalized spacial score (nSPS) is 0.750. The zero-order valence-corrected chi connectivity index (χ0v) is 6.14. The van der Waals surface area contributed by atoms with Gasteiger partial charge in [0.25, 0.3) is 0 Å². The van der Waals surface area contributed by atoms with E-state index in [9.17, 15) is 0 Å². The molecule has 0 bridgehead atoms. The van der Waals surface area contributed by atoms with Crippen molar-refractivity contribution in [1.82, 2.24) is 0 Å². The summed E-state index contributed by atoms with van der Waals surface area (Å²) in [5, 5.41) is 0. The van der Waals surface area contributed by atoms with E-state index in [1.54, 1.807) is 0 Å². The second-order valence-electron chi connectivity index (χ2n) is 0. The monoisotopic (exact) mass is 214 g/mol. The van der Waals surface area contributed by atoms with Crippen LogP contribution in [0.1, 0.15) is 0 Å². The van der Waals surface area contributed by atoms with Crippen LogP contribution < -0.4 is 0 Å². The van der Waals surface area contributed by atoms with Crippen molar-refractivity contribution >= 4 is 0 Å². The van der Waals surface area contributed by atoms with Crippen LogP contribution in [0.2, 0.25) is 0 Å². The maximum atomic E-state index is 8.19. The first-order valence-corrected chi connectivity index (χ1v) is 1.51. The second-order valence-corrected chi connectivity index (χ2v) is 0. The van der Waals surface area contributed by atoms with Gasteiger partial charge in [-0.25, -0.2) is 0 Å². The Balaban J connectivity index is -0.00000000167. The standard InChI is InChI=1S/4FH.2O.2V/h4*1H;;;;. The minimum atomic E-state index is 0. The van der Waals surface area contributed by atoms with Gasteiger partial charge in [0, 0.05) is 0 Å². The third-order valence-corrected chi connectivity index (χ3v) is 0. The van der Waals surface area contributed by atoms with Crippen molar-refractivity contribution in [1.29, 1.82) is 0 Å². The molecule has 0 aromatic carbocycles. The zero-order valence-electron chi connectivity index (χ0n) is 3.34. The molecular weight excluding hydrogens is 210 g/mol. The third-order valence-electron chi connectivity index (χ3n) is 0. The summed E-state index contributed by atoms with van der Waals surface area (Å²) >= 11 is 2.12. The first-order chi connectivity index (χ1) is 2.00. The van der Waals surface area contributed by atoms with Crippen molar-refractivity contribution in [3.05, 3.63) is 0 Å². The Morgan fingerprint density at radius 2 is 0.500 bits per heavy atom. The van der Waals surface area contributed by atoms with Gasteiger partial charge in [-0.1, -0.05) is 0 Å². The van der Waals surface area contributed by atoms with Crippen LogP contribution in [0.3, 0.4) is 0 Å². The Hall–Kier alpha value is 0.489. The zero-order chi connectivity index (χ0) is 4.00. The molecule has 2 nitrogen and oxygen atoms in total. The summed E-state index contributed by atoms with van der Waals surface area (Å²) in [7, 11) is 0. The Morgan fingerprint density at radius 3 is 0.500 bits per heavy atom. The van der Waals surface area contributed by atoms with Gasteiger partial charge in [0.2, 0.25) is 0 Å². The molecule has 0 atom stereocenters. The molecule has 8 heavy (non-hydrogen) atoms. The Kier molecular flexibility index (Phi) is 12700. The molecule has 0 rings (SSSR count). The van der Waals surface area contributed by atoms with Gasteiger partial charge in [-0.15, -0.1) is 0 Å². The van der Waals surface area contributed by atoms with E-state index in [1.165, 1.54) is 0 Å². The molecular formula is H4F4O2V2.